The van der Waals surface area contributed by atoms with Gasteiger partial charge in [-0.1, -0.05) is 33.8 Å². The fourth-order valence-corrected chi connectivity index (χ4v) is 2.13. The highest BCUT2D eigenvalue weighted by Crippen LogP contribution is 2.37. The van der Waals surface area contributed by atoms with Crippen molar-refractivity contribution in [2.45, 2.75) is 40.2 Å². The number of fused-ring (bicyclic) bond motifs is 1. The maximum absolute atomic E-state index is 11.5. The SMILES string of the molecule is C=CCC1CNc2cc(C(=O)OC)cc([N+](=O)[O-])c2N1.CC.CC. The minimum atomic E-state index is -0.606. The molecule has 2 rings (SSSR count). The molecule has 0 spiro atoms. The highest BCUT2D eigenvalue weighted by Gasteiger charge is 2.27. The van der Waals surface area contributed by atoms with Crippen LogP contribution in [-0.2, 0) is 4.74 Å². The molecule has 1 aliphatic rings. The average Bonchev–Trinajstić information content (AvgIpc) is 2.63. The standard InChI is InChI=1S/C13H15N3O4.2C2H6/c1-3-4-9-7-14-10-5-8(13(17)20-2)6-11(16(18)19)12(10)15-9;2*1-2/h3,5-6,9,14-15H,1,4,7H2,2H3;2*1-2H3. The van der Waals surface area contributed by atoms with Crippen LogP contribution in [0.25, 0.3) is 0 Å². The van der Waals surface area contributed by atoms with E-state index in [0.29, 0.717) is 24.3 Å². The van der Waals surface area contributed by atoms with Gasteiger partial charge in [0.15, 0.2) is 0 Å². The van der Waals surface area contributed by atoms with Crippen LogP contribution in [0.1, 0.15) is 44.5 Å². The first kappa shape index (κ1) is 21.4. The number of carbonyl (C=O) groups excluding carboxylic acids is 1. The lowest BCUT2D eigenvalue weighted by atomic mass is 10.1. The minimum absolute atomic E-state index is 0.0303. The summed E-state index contributed by atoms with van der Waals surface area (Å²) >= 11 is 0. The maximum atomic E-state index is 11.5. The predicted molar refractivity (Wildman–Crippen MR) is 97.8 cm³/mol. The Morgan fingerprint density at radius 3 is 2.54 bits per heavy atom. The van der Waals surface area contributed by atoms with E-state index < -0.39 is 10.9 Å². The smallest absolute Gasteiger partial charge is 0.338 e. The first-order chi connectivity index (χ1) is 11.6. The number of rotatable bonds is 4. The summed E-state index contributed by atoms with van der Waals surface area (Å²) in [4.78, 5) is 22.2. The third-order valence-electron chi connectivity index (χ3n) is 3.07. The Morgan fingerprint density at radius 2 is 2.04 bits per heavy atom. The van der Waals surface area contributed by atoms with Crippen molar-refractivity contribution in [1.29, 1.82) is 0 Å². The number of anilines is 2. The minimum Gasteiger partial charge on any atom is -0.465 e. The Hall–Kier alpha value is -2.57. The van der Waals surface area contributed by atoms with Crippen molar-refractivity contribution in [1.82, 2.24) is 0 Å². The van der Waals surface area contributed by atoms with Gasteiger partial charge in [0.25, 0.3) is 5.69 Å². The zero-order chi connectivity index (χ0) is 18.7. The number of nitrogens with one attached hydrogen (secondary N) is 2. The highest BCUT2D eigenvalue weighted by atomic mass is 16.6. The molecule has 1 aromatic rings. The quantitative estimate of drug-likeness (QED) is 0.370. The molecule has 2 N–H and O–H groups in total. The molecule has 24 heavy (non-hydrogen) atoms. The van der Waals surface area contributed by atoms with Crippen molar-refractivity contribution in [2.24, 2.45) is 0 Å². The fraction of sp³-hybridized carbons (Fsp3) is 0.471. The van der Waals surface area contributed by atoms with Gasteiger partial charge in [-0.15, -0.1) is 6.58 Å². The molecule has 1 heterocycles. The molecule has 0 radical (unpaired) electrons. The molecule has 0 saturated carbocycles. The van der Waals surface area contributed by atoms with Gasteiger partial charge in [0.1, 0.15) is 5.69 Å². The van der Waals surface area contributed by atoms with Gasteiger partial charge in [-0.3, -0.25) is 10.1 Å². The largest absolute Gasteiger partial charge is 0.465 e. The summed E-state index contributed by atoms with van der Waals surface area (Å²) in [5.41, 5.74) is 0.916. The van der Waals surface area contributed by atoms with Crippen molar-refractivity contribution < 1.29 is 14.5 Å². The number of ether oxygens (including phenoxy) is 1. The molecule has 134 valence electrons. The molecule has 1 atom stereocenters. The molecular formula is C17H27N3O4. The second-order valence-electron chi connectivity index (χ2n) is 4.41. The second kappa shape index (κ2) is 11.0. The van der Waals surface area contributed by atoms with Gasteiger partial charge in [0.2, 0.25) is 0 Å². The number of nitro groups is 1. The Bertz CT molecular complexity index is 573. The van der Waals surface area contributed by atoms with Crippen LogP contribution in [-0.4, -0.2) is 30.6 Å². The molecular weight excluding hydrogens is 310 g/mol. The summed E-state index contributed by atoms with van der Waals surface area (Å²) in [6.07, 6.45) is 2.43. The maximum Gasteiger partial charge on any atom is 0.338 e. The van der Waals surface area contributed by atoms with Crippen LogP contribution in [0.15, 0.2) is 24.8 Å². The zero-order valence-corrected chi connectivity index (χ0v) is 15.0. The Balaban J connectivity index is 0.00000123. The Kier molecular flexibility index (Phi) is 9.86. The molecule has 0 bridgehead atoms. The van der Waals surface area contributed by atoms with Crippen LogP contribution < -0.4 is 10.6 Å². The topological polar surface area (TPSA) is 93.5 Å². The predicted octanol–water partition coefficient (Wildman–Crippen LogP) is 4.22. The van der Waals surface area contributed by atoms with Crippen LogP contribution in [0.3, 0.4) is 0 Å². The molecule has 0 amide bonds. The molecule has 1 aromatic carbocycles. The van der Waals surface area contributed by atoms with Crippen LogP contribution in [0, 0.1) is 10.1 Å². The lowest BCUT2D eigenvalue weighted by Gasteiger charge is -2.27. The van der Waals surface area contributed by atoms with E-state index >= 15 is 0 Å². The van der Waals surface area contributed by atoms with E-state index in [0.717, 1.165) is 0 Å². The van der Waals surface area contributed by atoms with E-state index in [-0.39, 0.29) is 17.3 Å². The monoisotopic (exact) mass is 337 g/mol. The third kappa shape index (κ3) is 5.26. The summed E-state index contributed by atoms with van der Waals surface area (Å²) in [7, 11) is 1.24. The van der Waals surface area contributed by atoms with E-state index in [1.807, 2.05) is 27.7 Å². The molecule has 0 aliphatic carbocycles. The average molecular weight is 337 g/mol. The zero-order valence-electron chi connectivity index (χ0n) is 15.0. The first-order valence-corrected chi connectivity index (χ1v) is 8.09. The molecule has 7 heteroatoms. The van der Waals surface area contributed by atoms with Gasteiger partial charge in [-0.05, 0) is 12.5 Å². The summed E-state index contributed by atoms with van der Waals surface area (Å²) in [5, 5.41) is 17.4. The molecule has 0 fully saturated rings. The Labute approximate surface area is 143 Å². The molecule has 1 aliphatic heterocycles. The normalized spacial score (nSPS) is 14.1. The van der Waals surface area contributed by atoms with Crippen molar-refractivity contribution in [3.05, 3.63) is 40.5 Å². The van der Waals surface area contributed by atoms with Crippen LogP contribution >= 0.6 is 0 Å². The number of esters is 1. The van der Waals surface area contributed by atoms with E-state index in [1.165, 1.54) is 13.2 Å². The molecule has 0 saturated heterocycles. The first-order valence-electron chi connectivity index (χ1n) is 8.09. The number of benzene rings is 1. The van der Waals surface area contributed by atoms with Crippen molar-refractivity contribution in [3.63, 3.8) is 0 Å². The number of hydrogen-bond donors (Lipinski definition) is 2. The van der Waals surface area contributed by atoms with Gasteiger partial charge < -0.3 is 15.4 Å². The van der Waals surface area contributed by atoms with E-state index in [9.17, 15) is 14.9 Å². The number of carbonyl (C=O) groups is 1. The summed E-state index contributed by atoms with van der Waals surface area (Å²) < 4.78 is 4.60. The summed E-state index contributed by atoms with van der Waals surface area (Å²) in [6.45, 7) is 12.3. The summed E-state index contributed by atoms with van der Waals surface area (Å²) in [6, 6.07) is 2.80. The molecule has 7 nitrogen and oxygen atoms in total. The number of hydrogen-bond acceptors (Lipinski definition) is 6. The lowest BCUT2D eigenvalue weighted by Crippen LogP contribution is -2.33. The van der Waals surface area contributed by atoms with E-state index in [1.54, 1.807) is 12.1 Å². The van der Waals surface area contributed by atoms with Gasteiger partial charge >= 0.3 is 5.97 Å². The van der Waals surface area contributed by atoms with Gasteiger partial charge in [0.05, 0.1) is 23.3 Å². The van der Waals surface area contributed by atoms with E-state index in [2.05, 4.69) is 21.9 Å². The van der Waals surface area contributed by atoms with Crippen LogP contribution in [0.5, 0.6) is 0 Å². The second-order valence-corrected chi connectivity index (χ2v) is 4.41. The third-order valence-corrected chi connectivity index (χ3v) is 3.07. The number of methoxy groups -OCH3 is 1. The Morgan fingerprint density at radius 1 is 1.42 bits per heavy atom. The van der Waals surface area contributed by atoms with Crippen molar-refractivity contribution in [2.75, 3.05) is 24.3 Å². The van der Waals surface area contributed by atoms with Crippen molar-refractivity contribution in [3.8, 4) is 0 Å². The van der Waals surface area contributed by atoms with Gasteiger partial charge in [0, 0.05) is 18.7 Å². The molecule has 0 aromatic heterocycles. The fourth-order valence-electron chi connectivity index (χ4n) is 2.13. The van der Waals surface area contributed by atoms with Crippen molar-refractivity contribution >= 4 is 23.0 Å². The number of nitrogens with zero attached hydrogens (tertiary/aromatic N) is 1. The van der Waals surface area contributed by atoms with Gasteiger partial charge in [-0.2, -0.15) is 0 Å². The van der Waals surface area contributed by atoms with E-state index in [4.69, 9.17) is 0 Å². The van der Waals surface area contributed by atoms with Crippen LogP contribution in [0.2, 0.25) is 0 Å². The van der Waals surface area contributed by atoms with Gasteiger partial charge in [-0.25, -0.2) is 4.79 Å². The van der Waals surface area contributed by atoms with Crippen LogP contribution in [0.4, 0.5) is 17.1 Å². The highest BCUT2D eigenvalue weighted by molar-refractivity contribution is 5.95. The lowest BCUT2D eigenvalue weighted by molar-refractivity contribution is -0.384. The molecule has 1 unspecified atom stereocenters. The summed E-state index contributed by atoms with van der Waals surface area (Å²) in [5.74, 6) is -0.606. The number of nitro benzene ring substituents is 1.